The van der Waals surface area contributed by atoms with Crippen LogP contribution in [0.1, 0.15) is 48.1 Å². The minimum Gasteiger partial charge on any atom is -0.383 e. The van der Waals surface area contributed by atoms with Crippen molar-refractivity contribution in [2.75, 3.05) is 18.8 Å². The van der Waals surface area contributed by atoms with Gasteiger partial charge in [0.2, 0.25) is 0 Å². The number of likely N-dealkylation sites (tertiary alicyclic amines) is 1. The second-order valence-corrected chi connectivity index (χ2v) is 9.35. The number of benzene rings is 1. The van der Waals surface area contributed by atoms with Crippen LogP contribution in [0.15, 0.2) is 36.7 Å². The summed E-state index contributed by atoms with van der Waals surface area (Å²) < 4.78 is 17.3. The summed E-state index contributed by atoms with van der Waals surface area (Å²) in [5.74, 6) is 4.36. The summed E-state index contributed by atoms with van der Waals surface area (Å²) in [6.07, 6.45) is 5.76. The lowest BCUT2D eigenvalue weighted by Gasteiger charge is -2.45. The minimum absolute atomic E-state index is 0.00243. The normalized spacial score (nSPS) is 21.0. The van der Waals surface area contributed by atoms with Crippen molar-refractivity contribution in [2.24, 2.45) is 11.1 Å². The van der Waals surface area contributed by atoms with Crippen molar-refractivity contribution >= 4 is 17.6 Å². The van der Waals surface area contributed by atoms with E-state index in [2.05, 4.69) is 22.0 Å². The van der Waals surface area contributed by atoms with Crippen molar-refractivity contribution in [2.45, 2.75) is 38.8 Å². The first-order valence-corrected chi connectivity index (χ1v) is 11.5. The Morgan fingerprint density at radius 1 is 1.29 bits per heavy atom. The molecule has 1 aliphatic carbocycles. The number of hydrogen-bond donors (Lipinski definition) is 2. The summed E-state index contributed by atoms with van der Waals surface area (Å²) in [6, 6.07) is 6.49. The van der Waals surface area contributed by atoms with Gasteiger partial charge in [0.25, 0.3) is 11.8 Å². The lowest BCUT2D eigenvalue weighted by atomic mass is 9.65. The topological polar surface area (TPSA) is 125 Å². The average molecular weight is 476 g/mol. The molecule has 4 N–H and O–H groups in total. The molecule has 10 heteroatoms. The van der Waals surface area contributed by atoms with Gasteiger partial charge >= 0.3 is 0 Å². The number of amides is 2. The van der Waals surface area contributed by atoms with Gasteiger partial charge in [0.05, 0.1) is 18.8 Å². The fourth-order valence-electron chi connectivity index (χ4n) is 5.28. The van der Waals surface area contributed by atoms with Crippen LogP contribution in [0.5, 0.6) is 0 Å². The van der Waals surface area contributed by atoms with Crippen LogP contribution in [0.2, 0.25) is 0 Å². The molecule has 2 aliphatic rings. The molecular weight excluding hydrogens is 449 g/mol. The number of nitrogens with zero attached hydrogens (tertiary/aromatic N) is 5. The van der Waals surface area contributed by atoms with Crippen molar-refractivity contribution < 1.29 is 14.0 Å². The Labute approximate surface area is 201 Å². The first-order valence-electron chi connectivity index (χ1n) is 11.5. The van der Waals surface area contributed by atoms with Gasteiger partial charge in [0, 0.05) is 30.4 Å². The zero-order chi connectivity index (χ0) is 24.7. The van der Waals surface area contributed by atoms with Gasteiger partial charge < -0.3 is 16.4 Å². The molecular formula is C25H26FN7O2. The molecule has 2 amide bonds. The van der Waals surface area contributed by atoms with Gasteiger partial charge in [0.1, 0.15) is 22.9 Å². The predicted octanol–water partition coefficient (Wildman–Crippen LogP) is 2.19. The molecule has 0 atom stereocenters. The Bertz CT molecular complexity index is 1370. The molecule has 1 saturated heterocycles. The Hall–Kier alpha value is -4.13. The third-order valence-corrected chi connectivity index (χ3v) is 7.03. The highest BCUT2D eigenvalue weighted by atomic mass is 19.1. The summed E-state index contributed by atoms with van der Waals surface area (Å²) in [5, 5.41) is 8.96. The van der Waals surface area contributed by atoms with Gasteiger partial charge in [-0.1, -0.05) is 24.1 Å². The molecule has 0 bridgehead atoms. The Balaban J connectivity index is 1.36. The van der Waals surface area contributed by atoms with Crippen LogP contribution < -0.4 is 11.5 Å². The van der Waals surface area contributed by atoms with Gasteiger partial charge in [-0.2, -0.15) is 10.2 Å². The molecule has 1 saturated carbocycles. The largest absolute Gasteiger partial charge is 0.383 e. The molecule has 0 radical (unpaired) electrons. The third-order valence-electron chi connectivity index (χ3n) is 7.03. The third kappa shape index (κ3) is 4.03. The van der Waals surface area contributed by atoms with Crippen molar-refractivity contribution in [1.82, 2.24) is 24.5 Å². The SMILES string of the molecule is CC#CC(=O)N1CCC2(CC(n3nc(-c4cnn(Cc5ccccc5F)c4)c(C(N)=O)c3N)C2)C1. The molecule has 5 rings (SSSR count). The fourth-order valence-corrected chi connectivity index (χ4v) is 5.28. The number of anilines is 1. The van der Waals surface area contributed by atoms with Gasteiger partial charge in [-0.15, -0.1) is 0 Å². The van der Waals surface area contributed by atoms with Crippen LogP contribution in [0.25, 0.3) is 11.3 Å². The second kappa shape index (κ2) is 8.58. The highest BCUT2D eigenvalue weighted by Gasteiger charge is 2.51. The second-order valence-electron chi connectivity index (χ2n) is 9.35. The average Bonchev–Trinajstić information content (AvgIpc) is 3.51. The number of carbonyl (C=O) groups is 2. The first kappa shape index (κ1) is 22.7. The van der Waals surface area contributed by atoms with Gasteiger partial charge in [-0.05, 0) is 43.6 Å². The zero-order valence-electron chi connectivity index (χ0n) is 19.4. The quantitative estimate of drug-likeness (QED) is 0.547. The summed E-state index contributed by atoms with van der Waals surface area (Å²) in [5.41, 5.74) is 13.6. The maximum atomic E-state index is 14.0. The molecule has 35 heavy (non-hydrogen) atoms. The van der Waals surface area contributed by atoms with Crippen LogP contribution >= 0.6 is 0 Å². The maximum absolute atomic E-state index is 14.0. The van der Waals surface area contributed by atoms with Crippen LogP contribution in [0, 0.1) is 23.1 Å². The van der Waals surface area contributed by atoms with E-state index in [0.29, 0.717) is 29.9 Å². The molecule has 3 heterocycles. The van der Waals surface area contributed by atoms with E-state index >= 15 is 0 Å². The standard InChI is InChI=1S/C25H26FN7O2/c1-2-5-20(34)31-9-8-25(15-31)10-18(11-25)33-23(27)21(24(28)35)22(30-33)17-12-29-32(14-17)13-16-6-3-4-7-19(16)26/h3-4,6-7,12,14,18H,8-11,13,15,27H2,1H3,(H2,28,35). The summed E-state index contributed by atoms with van der Waals surface area (Å²) in [4.78, 5) is 26.2. The molecule has 1 aromatic carbocycles. The van der Waals surface area contributed by atoms with E-state index in [1.807, 2.05) is 0 Å². The number of rotatable bonds is 5. The number of primary amides is 1. The Kier molecular flexibility index (Phi) is 5.55. The molecule has 0 unspecified atom stereocenters. The van der Waals surface area contributed by atoms with Crippen LogP contribution in [0.4, 0.5) is 10.2 Å². The number of nitrogen functional groups attached to an aromatic ring is 1. The summed E-state index contributed by atoms with van der Waals surface area (Å²) in [7, 11) is 0. The van der Waals surface area contributed by atoms with E-state index < -0.39 is 5.91 Å². The van der Waals surface area contributed by atoms with E-state index in [1.165, 1.54) is 6.07 Å². The number of halogens is 1. The molecule has 3 aromatic rings. The number of aromatic nitrogens is 4. The first-order chi connectivity index (χ1) is 16.8. The lowest BCUT2D eigenvalue weighted by Crippen LogP contribution is -2.42. The predicted molar refractivity (Wildman–Crippen MR) is 127 cm³/mol. The van der Waals surface area contributed by atoms with Gasteiger partial charge in [-0.3, -0.25) is 14.3 Å². The zero-order valence-corrected chi connectivity index (χ0v) is 19.4. The lowest BCUT2D eigenvalue weighted by molar-refractivity contribution is -0.125. The van der Waals surface area contributed by atoms with E-state index in [4.69, 9.17) is 11.5 Å². The van der Waals surface area contributed by atoms with Crippen LogP contribution in [-0.2, 0) is 11.3 Å². The number of nitrogens with two attached hydrogens (primary N) is 2. The summed E-state index contributed by atoms with van der Waals surface area (Å²) in [6.45, 7) is 3.24. The number of carbonyl (C=O) groups excluding carboxylic acids is 2. The van der Waals surface area contributed by atoms with Crippen molar-refractivity contribution in [3.63, 3.8) is 0 Å². The molecule has 2 fully saturated rings. The summed E-state index contributed by atoms with van der Waals surface area (Å²) >= 11 is 0. The smallest absolute Gasteiger partial charge is 0.298 e. The highest BCUT2D eigenvalue weighted by Crippen LogP contribution is 2.54. The van der Waals surface area contributed by atoms with Gasteiger partial charge in [0.15, 0.2) is 0 Å². The molecule has 180 valence electrons. The fraction of sp³-hybridized carbons (Fsp3) is 0.360. The van der Waals surface area contributed by atoms with E-state index in [0.717, 1.165) is 19.3 Å². The number of hydrogen-bond acceptors (Lipinski definition) is 5. The van der Waals surface area contributed by atoms with Crippen molar-refractivity contribution in [3.8, 4) is 23.1 Å². The Morgan fingerprint density at radius 3 is 2.77 bits per heavy atom. The molecule has 2 aromatic heterocycles. The molecule has 1 spiro atoms. The van der Waals surface area contributed by atoms with Gasteiger partial charge in [-0.25, -0.2) is 9.07 Å². The Morgan fingerprint density at radius 2 is 2.06 bits per heavy atom. The molecule has 9 nitrogen and oxygen atoms in total. The van der Waals surface area contributed by atoms with E-state index in [9.17, 15) is 14.0 Å². The monoisotopic (exact) mass is 475 g/mol. The van der Waals surface area contributed by atoms with Crippen LogP contribution in [0.3, 0.4) is 0 Å². The highest BCUT2D eigenvalue weighted by molar-refractivity contribution is 6.03. The van der Waals surface area contributed by atoms with Crippen molar-refractivity contribution in [3.05, 3.63) is 53.6 Å². The van der Waals surface area contributed by atoms with E-state index in [1.54, 1.807) is 51.8 Å². The van der Waals surface area contributed by atoms with Crippen molar-refractivity contribution in [1.29, 1.82) is 0 Å². The maximum Gasteiger partial charge on any atom is 0.298 e. The van der Waals surface area contributed by atoms with E-state index in [-0.39, 0.29) is 41.1 Å². The van der Waals surface area contributed by atoms with Crippen LogP contribution in [-0.4, -0.2) is 49.4 Å². The molecule has 1 aliphatic heterocycles. The minimum atomic E-state index is -0.671.